The Hall–Kier alpha value is 0.0519. The third-order valence-corrected chi connectivity index (χ3v) is 1.25. The van der Waals surface area contributed by atoms with Crippen LogP contribution in [-0.4, -0.2) is 0 Å². The summed E-state index contributed by atoms with van der Waals surface area (Å²) >= 11 is 5.57. The van der Waals surface area contributed by atoms with Gasteiger partial charge in [-0.2, -0.15) is 41.1 Å². The van der Waals surface area contributed by atoms with Crippen molar-refractivity contribution in [3.8, 4) is 6.07 Å². The van der Waals surface area contributed by atoms with Gasteiger partial charge in [-0.1, -0.05) is 5.02 Å². The number of nitriles is 1. The second-order valence-electron chi connectivity index (χ2n) is 1.52. The standard InChI is InChI=1S/C7H3ClN.U/c8-7-4-2-1-3-6(7)5-9;/h1,3-4H;/q-1;. The van der Waals surface area contributed by atoms with Gasteiger partial charge in [-0.05, 0) is 5.56 Å². The number of benzene rings is 1. The number of halogens is 1. The van der Waals surface area contributed by atoms with Crippen molar-refractivity contribution in [1.29, 1.82) is 5.26 Å². The van der Waals surface area contributed by atoms with Crippen LogP contribution in [0.5, 0.6) is 0 Å². The van der Waals surface area contributed by atoms with Crippen molar-refractivity contribution < 1.29 is 31.1 Å². The molecule has 0 aromatic heterocycles. The largest absolute Gasteiger partial charge is 0.195 e. The summed E-state index contributed by atoms with van der Waals surface area (Å²) in [5.41, 5.74) is 0.496. The normalized spacial score (nSPS) is 7.60. The van der Waals surface area contributed by atoms with Gasteiger partial charge in [0.2, 0.25) is 0 Å². The topological polar surface area (TPSA) is 23.8 Å². The predicted molar refractivity (Wildman–Crippen MR) is 35.0 cm³/mol. The molecule has 0 unspecified atom stereocenters. The summed E-state index contributed by atoms with van der Waals surface area (Å²) in [6.45, 7) is 0. The quantitative estimate of drug-likeness (QED) is 0.638. The average molecular weight is 375 g/mol. The summed E-state index contributed by atoms with van der Waals surface area (Å²) in [5, 5.41) is 8.83. The molecular formula is C7H3ClNU-. The first-order chi connectivity index (χ1) is 4.34. The molecule has 0 radical (unpaired) electrons. The van der Waals surface area contributed by atoms with Crippen molar-refractivity contribution in [2.45, 2.75) is 0 Å². The third kappa shape index (κ3) is 2.35. The first kappa shape index (κ1) is 10.1. The summed E-state index contributed by atoms with van der Waals surface area (Å²) in [6, 6.07) is 9.55. The Kier molecular flexibility index (Phi) is 4.83. The van der Waals surface area contributed by atoms with Gasteiger partial charge in [-0.25, -0.2) is 0 Å². The molecule has 48 valence electrons. The van der Waals surface area contributed by atoms with Gasteiger partial charge in [0.25, 0.3) is 0 Å². The minimum atomic E-state index is 0. The van der Waals surface area contributed by atoms with E-state index in [9.17, 15) is 0 Å². The Balaban J connectivity index is 0.000000810. The van der Waals surface area contributed by atoms with Crippen molar-refractivity contribution in [3.05, 3.63) is 34.9 Å². The van der Waals surface area contributed by atoms with Crippen LogP contribution in [0.25, 0.3) is 0 Å². The predicted octanol–water partition coefficient (Wildman–Crippen LogP) is 2.01. The van der Waals surface area contributed by atoms with E-state index in [1.165, 1.54) is 0 Å². The van der Waals surface area contributed by atoms with Crippen LogP contribution in [0.15, 0.2) is 18.2 Å². The van der Waals surface area contributed by atoms with Gasteiger partial charge in [0.05, 0.1) is 6.07 Å². The third-order valence-electron chi connectivity index (χ3n) is 0.934. The fraction of sp³-hybridized carbons (Fsp3) is 0. The van der Waals surface area contributed by atoms with E-state index in [0.717, 1.165) is 0 Å². The SMILES string of the molecule is N#Cc1cc[c-]cc1Cl.[U]. The molecule has 0 aliphatic heterocycles. The maximum Gasteiger partial charge on any atom is 0.0740 e. The molecule has 0 N–H and O–H groups in total. The summed E-state index contributed by atoms with van der Waals surface area (Å²) in [5.74, 6) is 0. The number of hydrogen-bond acceptors (Lipinski definition) is 1. The van der Waals surface area contributed by atoms with E-state index in [1.54, 1.807) is 18.2 Å². The van der Waals surface area contributed by atoms with Crippen LogP contribution < -0.4 is 0 Å². The molecule has 0 amide bonds. The molecule has 0 aliphatic carbocycles. The smallest absolute Gasteiger partial charge is 0.0740 e. The minimum absolute atomic E-state index is 0. The van der Waals surface area contributed by atoms with Crippen molar-refractivity contribution in [3.63, 3.8) is 0 Å². The number of rotatable bonds is 0. The van der Waals surface area contributed by atoms with Gasteiger partial charge >= 0.3 is 0 Å². The molecule has 0 atom stereocenters. The van der Waals surface area contributed by atoms with Gasteiger partial charge < -0.3 is 0 Å². The summed E-state index contributed by atoms with van der Waals surface area (Å²) in [6.07, 6.45) is 0. The molecule has 1 rings (SSSR count). The Bertz CT molecular complexity index is 254. The van der Waals surface area contributed by atoms with Crippen LogP contribution in [0.1, 0.15) is 5.56 Å². The van der Waals surface area contributed by atoms with Gasteiger partial charge in [0, 0.05) is 31.1 Å². The first-order valence-electron chi connectivity index (χ1n) is 2.40. The molecule has 3 heteroatoms. The van der Waals surface area contributed by atoms with Crippen LogP contribution in [0, 0.1) is 48.5 Å². The van der Waals surface area contributed by atoms with Crippen LogP contribution in [0.4, 0.5) is 0 Å². The molecule has 1 aromatic carbocycles. The van der Waals surface area contributed by atoms with E-state index in [-0.39, 0.29) is 31.1 Å². The maximum absolute atomic E-state index is 8.37. The molecule has 0 heterocycles. The second kappa shape index (κ2) is 4.80. The second-order valence-corrected chi connectivity index (χ2v) is 1.92. The fourth-order valence-electron chi connectivity index (χ4n) is 0.501. The molecule has 0 fully saturated rings. The molecule has 0 spiro atoms. The van der Waals surface area contributed by atoms with Gasteiger partial charge in [-0.15, -0.1) is 0 Å². The van der Waals surface area contributed by atoms with Gasteiger partial charge in [0.15, 0.2) is 0 Å². The Morgan fingerprint density at radius 3 is 2.70 bits per heavy atom. The maximum atomic E-state index is 8.37. The molecule has 0 bridgehead atoms. The van der Waals surface area contributed by atoms with E-state index >= 15 is 0 Å². The van der Waals surface area contributed by atoms with Gasteiger partial charge in [-0.3, -0.25) is 0 Å². The summed E-state index contributed by atoms with van der Waals surface area (Å²) in [7, 11) is 0. The molecule has 0 saturated heterocycles. The van der Waals surface area contributed by atoms with E-state index in [0.29, 0.717) is 10.6 Å². The fourth-order valence-corrected chi connectivity index (χ4v) is 0.669. The summed E-state index contributed by atoms with van der Waals surface area (Å²) < 4.78 is 0. The number of nitrogens with zero attached hydrogens (tertiary/aromatic N) is 1. The summed E-state index contributed by atoms with van der Waals surface area (Å²) in [4.78, 5) is 0. The van der Waals surface area contributed by atoms with Crippen LogP contribution in [-0.2, 0) is 0 Å². The van der Waals surface area contributed by atoms with E-state index in [2.05, 4.69) is 6.07 Å². The van der Waals surface area contributed by atoms with E-state index in [1.807, 2.05) is 6.07 Å². The molecular weight excluding hydrogens is 372 g/mol. The Morgan fingerprint density at radius 1 is 1.60 bits per heavy atom. The van der Waals surface area contributed by atoms with Gasteiger partial charge in [0.1, 0.15) is 0 Å². The zero-order chi connectivity index (χ0) is 6.69. The molecule has 1 nitrogen and oxygen atoms in total. The molecule has 0 saturated carbocycles. The molecule has 10 heavy (non-hydrogen) atoms. The number of hydrogen-bond donors (Lipinski definition) is 0. The van der Waals surface area contributed by atoms with E-state index < -0.39 is 0 Å². The van der Waals surface area contributed by atoms with Crippen LogP contribution >= 0.6 is 11.6 Å². The van der Waals surface area contributed by atoms with Crippen LogP contribution in [0.2, 0.25) is 5.02 Å². The zero-order valence-electron chi connectivity index (χ0n) is 5.06. The Labute approximate surface area is 88.4 Å². The average Bonchev–Trinajstić information content (AvgIpc) is 1.89. The molecule has 1 aromatic rings. The van der Waals surface area contributed by atoms with Crippen molar-refractivity contribution in [2.24, 2.45) is 0 Å². The first-order valence-corrected chi connectivity index (χ1v) is 2.78. The zero-order valence-corrected chi connectivity index (χ0v) is 9.98. The van der Waals surface area contributed by atoms with E-state index in [4.69, 9.17) is 16.9 Å². The van der Waals surface area contributed by atoms with Crippen LogP contribution in [0.3, 0.4) is 0 Å². The van der Waals surface area contributed by atoms with Crippen molar-refractivity contribution in [2.75, 3.05) is 0 Å². The minimum Gasteiger partial charge on any atom is -0.195 e. The van der Waals surface area contributed by atoms with Crippen molar-refractivity contribution >= 4 is 11.6 Å². The monoisotopic (exact) mass is 374 g/mol. The van der Waals surface area contributed by atoms with Crippen molar-refractivity contribution in [1.82, 2.24) is 0 Å². The Morgan fingerprint density at radius 2 is 2.30 bits per heavy atom. The molecule has 0 aliphatic rings.